The number of nitrogens with one attached hydrogen (secondary N) is 1. The normalized spacial score (nSPS) is 26.2. The molecule has 1 aliphatic rings. The fourth-order valence-corrected chi connectivity index (χ4v) is 2.22. The molecule has 0 saturated carbocycles. The molecule has 0 aliphatic carbocycles. The molecular weight excluding hydrogens is 192 g/mol. The van der Waals surface area contributed by atoms with Crippen molar-refractivity contribution >= 4 is 10.2 Å². The third kappa shape index (κ3) is 2.63. The van der Waals surface area contributed by atoms with Gasteiger partial charge in [-0.2, -0.15) is 12.7 Å². The van der Waals surface area contributed by atoms with E-state index in [9.17, 15) is 8.42 Å². The standard InChI is InChI=1S/C7H16N2O3S/c1-3-7-6-9(4-5-12-7)13(10,11)8-2/h7-8H,3-6H2,1-2H3. The number of hydrogen-bond acceptors (Lipinski definition) is 3. The molecule has 13 heavy (non-hydrogen) atoms. The van der Waals surface area contributed by atoms with Gasteiger partial charge in [0.2, 0.25) is 0 Å². The largest absolute Gasteiger partial charge is 0.375 e. The average Bonchev–Trinajstić information content (AvgIpc) is 2.18. The van der Waals surface area contributed by atoms with Crippen molar-refractivity contribution in [1.82, 2.24) is 9.03 Å². The monoisotopic (exact) mass is 208 g/mol. The zero-order valence-electron chi connectivity index (χ0n) is 7.99. The zero-order chi connectivity index (χ0) is 9.90. The van der Waals surface area contributed by atoms with Gasteiger partial charge in [-0.25, -0.2) is 4.72 Å². The Labute approximate surface area is 79.2 Å². The predicted molar refractivity (Wildman–Crippen MR) is 49.6 cm³/mol. The van der Waals surface area contributed by atoms with Crippen molar-refractivity contribution < 1.29 is 13.2 Å². The minimum absolute atomic E-state index is 0.0388. The smallest absolute Gasteiger partial charge is 0.279 e. The minimum atomic E-state index is -3.26. The van der Waals surface area contributed by atoms with E-state index in [4.69, 9.17) is 4.74 Å². The molecule has 0 bridgehead atoms. The lowest BCUT2D eigenvalue weighted by Gasteiger charge is -2.31. The quantitative estimate of drug-likeness (QED) is 0.684. The van der Waals surface area contributed by atoms with Crippen LogP contribution in [0.4, 0.5) is 0 Å². The third-order valence-electron chi connectivity index (χ3n) is 2.15. The van der Waals surface area contributed by atoms with Crippen LogP contribution in [0.25, 0.3) is 0 Å². The summed E-state index contributed by atoms with van der Waals surface area (Å²) in [7, 11) is -1.84. The van der Waals surface area contributed by atoms with Gasteiger partial charge in [0.15, 0.2) is 0 Å². The highest BCUT2D eigenvalue weighted by Gasteiger charge is 2.27. The topological polar surface area (TPSA) is 58.6 Å². The first-order chi connectivity index (χ1) is 6.10. The molecule has 1 heterocycles. The van der Waals surface area contributed by atoms with Crippen LogP contribution < -0.4 is 4.72 Å². The summed E-state index contributed by atoms with van der Waals surface area (Å²) in [5, 5.41) is 0. The summed E-state index contributed by atoms with van der Waals surface area (Å²) in [4.78, 5) is 0. The molecule has 1 aliphatic heterocycles. The molecule has 0 spiro atoms. The summed E-state index contributed by atoms with van der Waals surface area (Å²) in [5.74, 6) is 0. The lowest BCUT2D eigenvalue weighted by Crippen LogP contribution is -2.48. The zero-order valence-corrected chi connectivity index (χ0v) is 8.80. The van der Waals surface area contributed by atoms with Gasteiger partial charge in [0.25, 0.3) is 10.2 Å². The molecule has 78 valence electrons. The SMILES string of the molecule is CCC1CN(S(=O)(=O)NC)CCO1. The van der Waals surface area contributed by atoms with Gasteiger partial charge < -0.3 is 4.74 Å². The van der Waals surface area contributed by atoms with Crippen molar-refractivity contribution in [3.05, 3.63) is 0 Å². The van der Waals surface area contributed by atoms with Gasteiger partial charge in [-0.15, -0.1) is 0 Å². The second-order valence-corrected chi connectivity index (χ2v) is 4.84. The Balaban J connectivity index is 2.61. The first-order valence-corrected chi connectivity index (χ1v) is 5.84. The molecule has 1 saturated heterocycles. The van der Waals surface area contributed by atoms with E-state index in [1.807, 2.05) is 6.92 Å². The number of rotatable bonds is 3. The maximum absolute atomic E-state index is 11.4. The van der Waals surface area contributed by atoms with Crippen LogP contribution in [-0.2, 0) is 14.9 Å². The van der Waals surface area contributed by atoms with Crippen LogP contribution in [0.15, 0.2) is 0 Å². The maximum atomic E-state index is 11.4. The number of nitrogens with zero attached hydrogens (tertiary/aromatic N) is 1. The molecule has 0 aromatic carbocycles. The molecule has 5 nitrogen and oxygen atoms in total. The van der Waals surface area contributed by atoms with Gasteiger partial charge in [-0.1, -0.05) is 6.92 Å². The second-order valence-electron chi connectivity index (χ2n) is 2.97. The first kappa shape index (κ1) is 10.9. The molecule has 0 aromatic heterocycles. The van der Waals surface area contributed by atoms with Crippen LogP contribution >= 0.6 is 0 Å². The van der Waals surface area contributed by atoms with E-state index < -0.39 is 10.2 Å². The molecule has 1 N–H and O–H groups in total. The van der Waals surface area contributed by atoms with Crippen molar-refractivity contribution in [3.8, 4) is 0 Å². The summed E-state index contributed by atoms with van der Waals surface area (Å²) < 4.78 is 31.8. The highest BCUT2D eigenvalue weighted by molar-refractivity contribution is 7.87. The van der Waals surface area contributed by atoms with Crippen LogP contribution in [0.3, 0.4) is 0 Å². The van der Waals surface area contributed by atoms with Crippen molar-refractivity contribution in [2.45, 2.75) is 19.4 Å². The van der Waals surface area contributed by atoms with Gasteiger partial charge >= 0.3 is 0 Å². The van der Waals surface area contributed by atoms with E-state index in [2.05, 4.69) is 4.72 Å². The highest BCUT2D eigenvalue weighted by atomic mass is 32.2. The van der Waals surface area contributed by atoms with Crippen molar-refractivity contribution in [3.63, 3.8) is 0 Å². The first-order valence-electron chi connectivity index (χ1n) is 4.40. The summed E-state index contributed by atoms with van der Waals surface area (Å²) >= 11 is 0. The molecule has 1 atom stereocenters. The van der Waals surface area contributed by atoms with Crippen molar-refractivity contribution in [2.24, 2.45) is 0 Å². The third-order valence-corrected chi connectivity index (χ3v) is 3.68. The van der Waals surface area contributed by atoms with Crippen LogP contribution in [-0.4, -0.2) is 45.6 Å². The van der Waals surface area contributed by atoms with E-state index in [0.717, 1.165) is 6.42 Å². The fourth-order valence-electron chi connectivity index (χ4n) is 1.29. The van der Waals surface area contributed by atoms with Gasteiger partial charge in [0.05, 0.1) is 12.7 Å². The van der Waals surface area contributed by atoms with E-state index >= 15 is 0 Å². The van der Waals surface area contributed by atoms with Crippen molar-refractivity contribution in [2.75, 3.05) is 26.7 Å². The van der Waals surface area contributed by atoms with Gasteiger partial charge in [0, 0.05) is 20.1 Å². The minimum Gasteiger partial charge on any atom is -0.375 e. The molecular formula is C7H16N2O3S. The lowest BCUT2D eigenvalue weighted by molar-refractivity contribution is -0.00306. The van der Waals surface area contributed by atoms with Gasteiger partial charge in [-0.05, 0) is 6.42 Å². The summed E-state index contributed by atoms with van der Waals surface area (Å²) in [5.41, 5.74) is 0. The Kier molecular flexibility index (Phi) is 3.66. The molecule has 0 amide bonds. The Morgan fingerprint density at radius 2 is 2.31 bits per heavy atom. The lowest BCUT2D eigenvalue weighted by atomic mass is 10.2. The molecule has 0 aromatic rings. The maximum Gasteiger partial charge on any atom is 0.279 e. The predicted octanol–water partition coefficient (Wildman–Crippen LogP) is -0.439. The molecule has 1 rings (SSSR count). The Bertz CT molecular complexity index is 252. The molecule has 1 fully saturated rings. The Morgan fingerprint density at radius 1 is 1.62 bits per heavy atom. The van der Waals surface area contributed by atoms with Gasteiger partial charge in [-0.3, -0.25) is 0 Å². The van der Waals surface area contributed by atoms with Crippen LogP contribution in [0.1, 0.15) is 13.3 Å². The van der Waals surface area contributed by atoms with E-state index in [-0.39, 0.29) is 6.10 Å². The van der Waals surface area contributed by atoms with Gasteiger partial charge in [0.1, 0.15) is 0 Å². The summed E-state index contributed by atoms with van der Waals surface area (Å²) in [6.45, 7) is 3.37. The van der Waals surface area contributed by atoms with E-state index in [0.29, 0.717) is 19.7 Å². The number of hydrogen-bond donors (Lipinski definition) is 1. The fraction of sp³-hybridized carbons (Fsp3) is 1.00. The average molecular weight is 208 g/mol. The van der Waals surface area contributed by atoms with Crippen molar-refractivity contribution in [1.29, 1.82) is 0 Å². The van der Waals surface area contributed by atoms with Crippen LogP contribution in [0, 0.1) is 0 Å². The van der Waals surface area contributed by atoms with Crippen LogP contribution in [0.2, 0.25) is 0 Å². The second kappa shape index (κ2) is 4.36. The summed E-state index contributed by atoms with van der Waals surface area (Å²) in [6.07, 6.45) is 0.882. The Hall–Kier alpha value is -0.170. The number of ether oxygens (including phenoxy) is 1. The molecule has 1 unspecified atom stereocenters. The van der Waals surface area contributed by atoms with Crippen LogP contribution in [0.5, 0.6) is 0 Å². The van der Waals surface area contributed by atoms with E-state index in [1.54, 1.807) is 0 Å². The Morgan fingerprint density at radius 3 is 2.85 bits per heavy atom. The molecule has 6 heteroatoms. The highest BCUT2D eigenvalue weighted by Crippen LogP contribution is 2.10. The van der Waals surface area contributed by atoms with E-state index in [1.165, 1.54) is 11.4 Å². The molecule has 0 radical (unpaired) electrons. The summed E-state index contributed by atoms with van der Waals surface area (Å²) in [6, 6.07) is 0. The number of morpholine rings is 1.